The first kappa shape index (κ1) is 45.2. The van der Waals surface area contributed by atoms with E-state index in [0.717, 1.165) is 11.4 Å². The largest absolute Gasteiger partial charge is 0.550 e. The number of aromatic amines is 2. The number of carboxylic acid groups (broad SMARTS) is 4. The number of nitrogens with zero attached hydrogens (tertiary/aromatic N) is 6. The number of carboxylic acids is 4. The number of aromatic nitrogens is 4. The molecule has 0 aliphatic carbocycles. The van der Waals surface area contributed by atoms with Crippen LogP contribution in [0.25, 0.3) is 0 Å². The molecular weight excluding hydrogens is 869 g/mol. The number of H-pyrrole nitrogens is 2. The average molecular weight is 911 g/mol. The van der Waals surface area contributed by atoms with Crippen LogP contribution in [0.2, 0.25) is 0 Å². The summed E-state index contributed by atoms with van der Waals surface area (Å²) in [6, 6.07) is 10.2. The predicted molar refractivity (Wildman–Crippen MR) is 229 cm³/mol. The molecule has 0 saturated heterocycles. The van der Waals surface area contributed by atoms with Crippen LogP contribution in [0.15, 0.2) is 58.1 Å². The van der Waals surface area contributed by atoms with Gasteiger partial charge in [-0.05, 0) is 74.2 Å². The first-order valence-electron chi connectivity index (χ1n) is 20.2. The molecule has 12 N–H and O–H groups in total. The Balaban J connectivity index is 0.000000196. The third-order valence-electron chi connectivity index (χ3n) is 10.9. The number of carbonyl (C=O) groups excluding carboxylic acids is 4. The van der Waals surface area contributed by atoms with Crippen LogP contribution >= 0.6 is 0 Å². The fraction of sp³-hybridized carbons (Fsp3) is 0.300. The van der Waals surface area contributed by atoms with Crippen molar-refractivity contribution in [2.45, 2.75) is 49.9 Å². The average Bonchev–Trinajstić information content (AvgIpc) is 3.91. The quantitative estimate of drug-likeness (QED) is 0.0541. The lowest BCUT2D eigenvalue weighted by atomic mass is 10.1. The van der Waals surface area contributed by atoms with E-state index in [1.54, 1.807) is 36.9 Å². The van der Waals surface area contributed by atoms with Gasteiger partial charge in [0.15, 0.2) is 23.7 Å². The van der Waals surface area contributed by atoms with Gasteiger partial charge in [0.05, 0.1) is 13.1 Å². The van der Waals surface area contributed by atoms with Gasteiger partial charge >= 0.3 is 23.1 Å². The zero-order valence-electron chi connectivity index (χ0n) is 34.6. The molecule has 26 nitrogen and oxygen atoms in total. The lowest BCUT2D eigenvalue weighted by Crippen LogP contribution is -2.41. The van der Waals surface area contributed by atoms with E-state index in [4.69, 9.17) is 11.5 Å². The van der Waals surface area contributed by atoms with Crippen molar-refractivity contribution in [2.24, 2.45) is 0 Å². The molecule has 4 aliphatic heterocycles. The van der Waals surface area contributed by atoms with Crippen molar-refractivity contribution < 1.29 is 58.3 Å². The summed E-state index contributed by atoms with van der Waals surface area (Å²) in [4.78, 5) is 110. The van der Waals surface area contributed by atoms with Crippen molar-refractivity contribution in [3.63, 3.8) is 0 Å². The molecule has 6 heterocycles. The Kier molecular flexibility index (Phi) is 12.9. The van der Waals surface area contributed by atoms with Crippen molar-refractivity contribution in [1.82, 2.24) is 30.6 Å². The van der Waals surface area contributed by atoms with Crippen LogP contribution in [0.3, 0.4) is 0 Å². The third kappa shape index (κ3) is 10.0. The lowest BCUT2D eigenvalue weighted by molar-refractivity contribution is -0.468. The molecule has 0 bridgehead atoms. The molecule has 2 unspecified atom stereocenters. The maximum atomic E-state index is 12.4. The molecule has 4 aliphatic rings. The minimum atomic E-state index is -1.39. The number of amides is 2. The van der Waals surface area contributed by atoms with E-state index >= 15 is 0 Å². The van der Waals surface area contributed by atoms with Gasteiger partial charge in [-0.1, -0.05) is 0 Å². The fourth-order valence-electron chi connectivity index (χ4n) is 7.62. The van der Waals surface area contributed by atoms with E-state index < -0.39 is 60.6 Å². The standard InChI is InChI=1S/2C20H21N7O6/c2*21-20-24-16-15(18(31)25-20)27-9-26(8-12(27)7-22-16)11-3-1-10(2-4-11)17(30)23-13(19(32)33)5-6-14(28)29/h2*1-4,9,12-13H,5-8H2,(H6-,21,22,23,24,25,28,29,30,31,32,33)/t2*12?,13-/m00/s1. The molecule has 344 valence electrons. The number of aliphatic carboxylic acids is 4. The first-order chi connectivity index (χ1) is 31.4. The third-order valence-corrected chi connectivity index (χ3v) is 10.9. The zero-order valence-corrected chi connectivity index (χ0v) is 34.6. The molecule has 66 heavy (non-hydrogen) atoms. The Bertz CT molecular complexity index is 2600. The number of nitrogens with one attached hydrogen (secondary N) is 6. The second-order valence-electron chi connectivity index (χ2n) is 15.4. The molecule has 0 fully saturated rings. The number of anilines is 6. The zero-order chi connectivity index (χ0) is 47.4. The van der Waals surface area contributed by atoms with Crippen molar-refractivity contribution >= 4 is 94.7 Å². The van der Waals surface area contributed by atoms with Gasteiger partial charge in [0, 0.05) is 23.1 Å². The molecule has 4 atom stereocenters. The van der Waals surface area contributed by atoms with Crippen LogP contribution < -0.4 is 63.9 Å². The van der Waals surface area contributed by atoms with E-state index in [2.05, 4.69) is 41.2 Å². The summed E-state index contributed by atoms with van der Waals surface area (Å²) in [6.07, 6.45) is 2.04. The number of hydrogen-bond acceptors (Lipinski definition) is 18. The number of fused-ring (bicyclic) bond motifs is 6. The molecule has 2 aromatic carbocycles. The summed E-state index contributed by atoms with van der Waals surface area (Å²) in [6.45, 7) is 2.26. The molecule has 0 spiro atoms. The second-order valence-corrected chi connectivity index (χ2v) is 15.4. The molecule has 4 aromatic rings. The molecule has 26 heteroatoms. The Labute approximate surface area is 371 Å². The summed E-state index contributed by atoms with van der Waals surface area (Å²) in [5.41, 5.74) is 13.2. The van der Waals surface area contributed by atoms with Crippen molar-refractivity contribution in [3.05, 3.63) is 80.4 Å². The fourth-order valence-corrected chi connectivity index (χ4v) is 7.62. The molecule has 0 radical (unpaired) electrons. The molecule has 0 saturated carbocycles. The van der Waals surface area contributed by atoms with Crippen molar-refractivity contribution in [1.29, 1.82) is 0 Å². The number of nitrogens with two attached hydrogens (primary N) is 2. The minimum Gasteiger partial charge on any atom is -0.550 e. The monoisotopic (exact) mass is 910 g/mol. The highest BCUT2D eigenvalue weighted by Gasteiger charge is 2.41. The normalized spacial score (nSPS) is 17.3. The predicted octanol–water partition coefficient (Wildman–Crippen LogP) is -3.90. The maximum absolute atomic E-state index is 12.4. The van der Waals surface area contributed by atoms with Gasteiger partial charge in [0.1, 0.15) is 36.5 Å². The van der Waals surface area contributed by atoms with Gasteiger partial charge in [0.25, 0.3) is 11.8 Å². The summed E-state index contributed by atoms with van der Waals surface area (Å²) < 4.78 is 3.65. The highest BCUT2D eigenvalue weighted by molar-refractivity contribution is 5.98. The van der Waals surface area contributed by atoms with Gasteiger partial charge < -0.3 is 62.7 Å². The van der Waals surface area contributed by atoms with Crippen LogP contribution in [0.4, 0.5) is 46.3 Å². The van der Waals surface area contributed by atoms with Gasteiger partial charge in [-0.3, -0.25) is 29.1 Å². The van der Waals surface area contributed by atoms with Gasteiger partial charge in [-0.2, -0.15) is 9.97 Å². The smallest absolute Gasteiger partial charge is 0.326 e. The number of hydrogen-bond donors (Lipinski definition) is 10. The van der Waals surface area contributed by atoms with Crippen LogP contribution in [-0.2, 0) is 19.2 Å². The highest BCUT2D eigenvalue weighted by Crippen LogP contribution is 2.30. The van der Waals surface area contributed by atoms with E-state index in [1.165, 1.54) is 24.3 Å². The Morgan fingerprint density at radius 3 is 1.36 bits per heavy atom. The van der Waals surface area contributed by atoms with E-state index in [0.29, 0.717) is 49.2 Å². The summed E-state index contributed by atoms with van der Waals surface area (Å²) >= 11 is 0. The molecule has 8 rings (SSSR count). The minimum absolute atomic E-state index is 0.0213. The first-order valence-corrected chi connectivity index (χ1v) is 20.2. The summed E-state index contributed by atoms with van der Waals surface area (Å²) in [5, 5.41) is 50.4. The molecule has 2 aromatic heterocycles. The van der Waals surface area contributed by atoms with E-state index in [9.17, 15) is 58.8 Å². The van der Waals surface area contributed by atoms with Crippen LogP contribution in [0.5, 0.6) is 0 Å². The highest BCUT2D eigenvalue weighted by atomic mass is 16.4. The Morgan fingerprint density at radius 2 is 1.03 bits per heavy atom. The van der Waals surface area contributed by atoms with Gasteiger partial charge in [-0.15, -0.1) is 0 Å². The van der Waals surface area contributed by atoms with E-state index in [1.807, 2.05) is 19.0 Å². The second kappa shape index (κ2) is 18.9. The summed E-state index contributed by atoms with van der Waals surface area (Å²) in [5.74, 6) is -5.84. The lowest BCUT2D eigenvalue weighted by Gasteiger charge is -2.20. The van der Waals surface area contributed by atoms with Crippen LogP contribution in [0, 0.1) is 0 Å². The van der Waals surface area contributed by atoms with Gasteiger partial charge in [-0.25, -0.2) is 28.5 Å². The van der Waals surface area contributed by atoms with Gasteiger partial charge in [0.2, 0.25) is 35.9 Å². The van der Waals surface area contributed by atoms with Crippen molar-refractivity contribution in [2.75, 3.05) is 58.1 Å². The topological polar surface area (TPSA) is 393 Å². The molecular formula is C40H42N14O12. The number of rotatable bonds is 14. The van der Waals surface area contributed by atoms with Crippen LogP contribution in [-0.4, -0.2) is 138 Å². The Hall–Kier alpha value is -8.84. The molecule has 2 amide bonds. The number of carbonyl (C=O) groups is 6. The number of nitrogen functional groups attached to an aromatic ring is 2. The van der Waals surface area contributed by atoms with Crippen molar-refractivity contribution in [3.8, 4) is 0 Å². The summed E-state index contributed by atoms with van der Waals surface area (Å²) in [7, 11) is 0. The van der Waals surface area contributed by atoms with Crippen LogP contribution in [0.1, 0.15) is 46.4 Å². The Morgan fingerprint density at radius 1 is 0.667 bits per heavy atom. The maximum Gasteiger partial charge on any atom is 0.326 e. The SMILES string of the molecule is Nc1nc2c(c(=O)[nH]1)[N+]1=CN(c3ccc(C(=O)N[C@@H](CCC(=O)[O-])C(=O)O)cc3)CC1CN2.Nc1nc2c(c(=O)[nH]1)[N+]1=CN(c3ccc(C(=O)N[C@@H](CCC(=O)[O-])C(=O)O)cc3)CC1CN2. The number of benzene rings is 2. The van der Waals surface area contributed by atoms with E-state index in [-0.39, 0.29) is 59.1 Å².